The normalized spacial score (nSPS) is 19.2. The van der Waals surface area contributed by atoms with Gasteiger partial charge in [-0.05, 0) is 11.6 Å². The molecule has 3 nitrogen and oxygen atoms in total. The van der Waals surface area contributed by atoms with Crippen LogP contribution in [0.15, 0.2) is 42.5 Å². The summed E-state index contributed by atoms with van der Waals surface area (Å²) in [6.07, 6.45) is 2.92. The molecule has 1 aromatic rings. The number of rotatable bonds is 4. The molecule has 3 heteroatoms. The number of carbonyl (C=O) groups is 1. The predicted molar refractivity (Wildman–Crippen MR) is 55.1 cm³/mol. The van der Waals surface area contributed by atoms with Crippen LogP contribution in [0.3, 0.4) is 0 Å². The van der Waals surface area contributed by atoms with Crippen molar-refractivity contribution in [1.29, 1.82) is 0 Å². The van der Waals surface area contributed by atoms with Gasteiger partial charge in [0, 0.05) is 6.08 Å². The number of esters is 1. The van der Waals surface area contributed by atoms with Gasteiger partial charge >= 0.3 is 5.97 Å². The molecule has 0 amide bonds. The Morgan fingerprint density at radius 3 is 2.73 bits per heavy atom. The minimum Gasteiger partial charge on any atom is -0.452 e. The Kier molecular flexibility index (Phi) is 3.15. The maximum Gasteiger partial charge on any atom is 0.331 e. The Hall–Kier alpha value is -1.61. The van der Waals surface area contributed by atoms with Crippen LogP contribution in [-0.2, 0) is 20.9 Å². The van der Waals surface area contributed by atoms with Crippen molar-refractivity contribution in [1.82, 2.24) is 0 Å². The Labute approximate surface area is 88.3 Å². The Balaban J connectivity index is 1.72. The number of hydrogen-bond donors (Lipinski definition) is 0. The topological polar surface area (TPSA) is 35.5 Å². The van der Waals surface area contributed by atoms with Crippen molar-refractivity contribution in [3.63, 3.8) is 0 Å². The summed E-state index contributed by atoms with van der Waals surface area (Å²) >= 11 is 0. The third kappa shape index (κ3) is 2.92. The first-order valence-corrected chi connectivity index (χ1v) is 4.85. The highest BCUT2D eigenvalue weighted by molar-refractivity contribution is 5.84. The van der Waals surface area contributed by atoms with E-state index in [0.717, 1.165) is 5.56 Å². The van der Waals surface area contributed by atoms with Gasteiger partial charge < -0.3 is 9.47 Å². The molecule has 0 fully saturated rings. The highest BCUT2D eigenvalue weighted by Gasteiger charge is 2.15. The third-order valence-corrected chi connectivity index (χ3v) is 2.11. The van der Waals surface area contributed by atoms with Gasteiger partial charge in [-0.25, -0.2) is 4.79 Å². The third-order valence-electron chi connectivity index (χ3n) is 2.11. The number of benzene rings is 1. The average Bonchev–Trinajstić information content (AvgIpc) is 2.66. The molecule has 0 aliphatic carbocycles. The summed E-state index contributed by atoms with van der Waals surface area (Å²) in [5.74, 6) is -0.289. The van der Waals surface area contributed by atoms with Crippen LogP contribution in [0.4, 0.5) is 0 Å². The van der Waals surface area contributed by atoms with E-state index in [2.05, 4.69) is 0 Å². The molecular weight excluding hydrogens is 192 g/mol. The second kappa shape index (κ2) is 4.75. The van der Waals surface area contributed by atoms with Gasteiger partial charge in [0.15, 0.2) is 0 Å². The molecule has 1 atom stereocenters. The Morgan fingerprint density at radius 2 is 2.07 bits per heavy atom. The summed E-state index contributed by atoms with van der Waals surface area (Å²) in [6.45, 7) is 0.958. The summed E-state index contributed by atoms with van der Waals surface area (Å²) in [4.78, 5) is 10.7. The fourth-order valence-electron chi connectivity index (χ4n) is 1.37. The van der Waals surface area contributed by atoms with Crippen LogP contribution in [0.5, 0.6) is 0 Å². The molecule has 0 saturated heterocycles. The van der Waals surface area contributed by atoms with Crippen molar-refractivity contribution in [3.05, 3.63) is 48.0 Å². The molecule has 1 aliphatic heterocycles. The molecule has 1 aliphatic rings. The van der Waals surface area contributed by atoms with E-state index < -0.39 is 0 Å². The van der Waals surface area contributed by atoms with Crippen LogP contribution in [0.1, 0.15) is 5.56 Å². The number of ether oxygens (including phenoxy) is 2. The van der Waals surface area contributed by atoms with Crippen LogP contribution < -0.4 is 0 Å². The average molecular weight is 204 g/mol. The minimum atomic E-state index is -0.289. The summed E-state index contributed by atoms with van der Waals surface area (Å²) in [5.41, 5.74) is 1.12. The molecule has 0 radical (unpaired) electrons. The first kappa shape index (κ1) is 9.93. The number of hydrogen-bond acceptors (Lipinski definition) is 3. The van der Waals surface area contributed by atoms with Gasteiger partial charge in [0.1, 0.15) is 6.10 Å². The van der Waals surface area contributed by atoms with Crippen molar-refractivity contribution < 1.29 is 14.3 Å². The first-order valence-electron chi connectivity index (χ1n) is 4.85. The summed E-state index contributed by atoms with van der Waals surface area (Å²) in [6, 6.07) is 9.89. The fourth-order valence-corrected chi connectivity index (χ4v) is 1.37. The van der Waals surface area contributed by atoms with Crippen molar-refractivity contribution >= 4 is 5.97 Å². The lowest BCUT2D eigenvalue weighted by molar-refractivity contribution is -0.140. The van der Waals surface area contributed by atoms with Gasteiger partial charge in [-0.3, -0.25) is 0 Å². The first-order chi connectivity index (χ1) is 7.34. The second-order valence-electron chi connectivity index (χ2n) is 3.34. The van der Waals surface area contributed by atoms with Crippen molar-refractivity contribution in [2.24, 2.45) is 0 Å². The highest BCUT2D eigenvalue weighted by atomic mass is 16.6. The molecule has 1 aromatic carbocycles. The zero-order valence-electron chi connectivity index (χ0n) is 8.26. The quantitative estimate of drug-likeness (QED) is 0.700. The smallest absolute Gasteiger partial charge is 0.331 e. The van der Waals surface area contributed by atoms with Crippen LogP contribution >= 0.6 is 0 Å². The van der Waals surface area contributed by atoms with E-state index in [1.165, 1.54) is 6.08 Å². The fraction of sp³-hybridized carbons (Fsp3) is 0.250. The van der Waals surface area contributed by atoms with Gasteiger partial charge in [0.2, 0.25) is 0 Å². The molecule has 1 unspecified atom stereocenters. The standard InChI is InChI=1S/C12H12O3/c13-12-7-6-11(15-12)9-14-8-10-4-2-1-3-5-10/h1-7,11H,8-9H2. The minimum absolute atomic E-state index is 0.221. The maximum absolute atomic E-state index is 10.7. The lowest BCUT2D eigenvalue weighted by atomic mass is 10.2. The van der Waals surface area contributed by atoms with Crippen LogP contribution in [0.2, 0.25) is 0 Å². The molecule has 2 rings (SSSR count). The Morgan fingerprint density at radius 1 is 1.27 bits per heavy atom. The maximum atomic E-state index is 10.7. The summed E-state index contributed by atoms with van der Waals surface area (Å²) < 4.78 is 10.3. The van der Waals surface area contributed by atoms with E-state index in [1.54, 1.807) is 6.08 Å². The van der Waals surface area contributed by atoms with Crippen molar-refractivity contribution in [3.8, 4) is 0 Å². The van der Waals surface area contributed by atoms with Crippen molar-refractivity contribution in [2.75, 3.05) is 6.61 Å². The molecule has 0 aromatic heterocycles. The summed E-state index contributed by atoms with van der Waals surface area (Å²) in [5, 5.41) is 0. The Bertz CT molecular complexity index is 356. The van der Waals surface area contributed by atoms with E-state index in [0.29, 0.717) is 13.2 Å². The largest absolute Gasteiger partial charge is 0.452 e. The molecule has 0 N–H and O–H groups in total. The summed E-state index contributed by atoms with van der Waals surface area (Å²) in [7, 11) is 0. The van der Waals surface area contributed by atoms with Gasteiger partial charge in [0.25, 0.3) is 0 Å². The lowest BCUT2D eigenvalue weighted by Crippen LogP contribution is -2.15. The van der Waals surface area contributed by atoms with Gasteiger partial charge in [-0.1, -0.05) is 30.3 Å². The SMILES string of the molecule is O=C1C=CC(COCc2ccccc2)O1. The molecular formula is C12H12O3. The second-order valence-corrected chi connectivity index (χ2v) is 3.34. The number of carbonyl (C=O) groups excluding carboxylic acids is 1. The molecule has 0 bridgehead atoms. The number of cyclic esters (lactones) is 1. The molecule has 1 heterocycles. The van der Waals surface area contributed by atoms with Crippen LogP contribution in [0, 0.1) is 0 Å². The molecule has 78 valence electrons. The highest BCUT2D eigenvalue weighted by Crippen LogP contribution is 2.07. The van der Waals surface area contributed by atoms with Gasteiger partial charge in [0.05, 0.1) is 13.2 Å². The zero-order chi connectivity index (χ0) is 10.5. The lowest BCUT2D eigenvalue weighted by Gasteiger charge is -2.09. The molecule has 15 heavy (non-hydrogen) atoms. The zero-order valence-corrected chi connectivity index (χ0v) is 8.26. The molecule has 0 saturated carbocycles. The predicted octanol–water partition coefficient (Wildman–Crippen LogP) is 1.68. The van der Waals surface area contributed by atoms with Gasteiger partial charge in [-0.15, -0.1) is 0 Å². The van der Waals surface area contributed by atoms with E-state index in [9.17, 15) is 4.79 Å². The van der Waals surface area contributed by atoms with E-state index in [-0.39, 0.29) is 12.1 Å². The molecule has 0 spiro atoms. The van der Waals surface area contributed by atoms with E-state index in [1.807, 2.05) is 30.3 Å². The van der Waals surface area contributed by atoms with E-state index >= 15 is 0 Å². The van der Waals surface area contributed by atoms with Gasteiger partial charge in [-0.2, -0.15) is 0 Å². The van der Waals surface area contributed by atoms with Crippen molar-refractivity contribution in [2.45, 2.75) is 12.7 Å². The van der Waals surface area contributed by atoms with Crippen LogP contribution in [0.25, 0.3) is 0 Å². The van der Waals surface area contributed by atoms with Crippen LogP contribution in [-0.4, -0.2) is 18.7 Å². The van der Waals surface area contributed by atoms with E-state index in [4.69, 9.17) is 9.47 Å². The monoisotopic (exact) mass is 204 g/mol.